The highest BCUT2D eigenvalue weighted by molar-refractivity contribution is 7.81. The normalized spacial score (nSPS) is 45.8. The largest absolute Gasteiger partial charge is 0.370 e. The molecular weight excluding hydrogens is 182 g/mol. The molecule has 0 radical (unpaired) electrons. The molecule has 0 aliphatic carbocycles. The first kappa shape index (κ1) is 8.28. The lowest BCUT2D eigenvalue weighted by atomic mass is 10.1. The molecule has 2 heterocycles. The van der Waals surface area contributed by atoms with Crippen LogP contribution in [0.3, 0.4) is 0 Å². The van der Waals surface area contributed by atoms with E-state index in [1.807, 2.05) is 0 Å². The third kappa shape index (κ3) is 1.19. The summed E-state index contributed by atoms with van der Waals surface area (Å²) in [7, 11) is 0. The molecule has 68 valence electrons. The zero-order chi connectivity index (χ0) is 8.55. The van der Waals surface area contributed by atoms with Crippen LogP contribution in [0.4, 0.5) is 0 Å². The third-order valence-electron chi connectivity index (χ3n) is 2.16. The molecule has 0 bridgehead atoms. The van der Waals surface area contributed by atoms with Gasteiger partial charge in [0, 0.05) is 0 Å². The maximum atomic E-state index is 9.83. The molecule has 5 nitrogen and oxygen atoms in total. The molecule has 2 saturated heterocycles. The number of rotatable bonds is 2. The minimum absolute atomic E-state index is 0.0555. The van der Waals surface area contributed by atoms with Gasteiger partial charge >= 0.3 is 0 Å². The molecule has 0 amide bonds. The summed E-state index contributed by atoms with van der Waals surface area (Å²) >= 11 is 4.26. The molecule has 2 aliphatic heterocycles. The molecule has 0 unspecified atom stereocenters. The fourth-order valence-corrected chi connectivity index (χ4v) is 1.93. The van der Waals surface area contributed by atoms with E-state index >= 15 is 0 Å². The summed E-state index contributed by atoms with van der Waals surface area (Å²) in [6.45, 7) is 0.898. The summed E-state index contributed by atoms with van der Waals surface area (Å²) in [6.07, 6.45) is -0.588. The Morgan fingerprint density at radius 3 is 2.83 bits per heavy atom. The maximum Gasteiger partial charge on any atom is 0.182 e. The van der Waals surface area contributed by atoms with Gasteiger partial charge in [-0.15, -0.1) is 4.91 Å². The standard InChI is InChI=1S/C6H9NO4S/c8-7-11-3-1-9-6-4(12)2-10-5(3)6/h3-6,12H,1-2H2/t3-,4+,5-,6-/m1/s1. The van der Waals surface area contributed by atoms with Crippen molar-refractivity contribution in [2.24, 2.45) is 5.34 Å². The van der Waals surface area contributed by atoms with Crippen LogP contribution < -0.4 is 0 Å². The Hall–Kier alpha value is -0.330. The van der Waals surface area contributed by atoms with E-state index in [4.69, 9.17) is 9.47 Å². The van der Waals surface area contributed by atoms with Gasteiger partial charge in [-0.1, -0.05) is 0 Å². The zero-order valence-electron chi connectivity index (χ0n) is 6.25. The zero-order valence-corrected chi connectivity index (χ0v) is 7.15. The van der Waals surface area contributed by atoms with Gasteiger partial charge in [0.25, 0.3) is 0 Å². The van der Waals surface area contributed by atoms with Gasteiger partial charge in [0.1, 0.15) is 12.2 Å². The smallest absolute Gasteiger partial charge is 0.182 e. The van der Waals surface area contributed by atoms with Gasteiger partial charge in [-0.05, 0) is 0 Å². The van der Waals surface area contributed by atoms with Crippen LogP contribution in [-0.2, 0) is 14.3 Å². The van der Waals surface area contributed by atoms with Crippen LogP contribution in [0, 0.1) is 4.91 Å². The number of fused-ring (bicyclic) bond motifs is 1. The highest BCUT2D eigenvalue weighted by atomic mass is 32.1. The molecule has 4 atom stereocenters. The van der Waals surface area contributed by atoms with Crippen molar-refractivity contribution in [3.05, 3.63) is 4.91 Å². The Balaban J connectivity index is 2.00. The van der Waals surface area contributed by atoms with Gasteiger partial charge in [0.15, 0.2) is 11.4 Å². The summed E-state index contributed by atoms with van der Waals surface area (Å²) in [4.78, 5) is 14.4. The number of ether oxygens (including phenoxy) is 2. The summed E-state index contributed by atoms with van der Waals surface area (Å²) in [6, 6.07) is 0. The Morgan fingerprint density at radius 2 is 2.08 bits per heavy atom. The van der Waals surface area contributed by atoms with Gasteiger partial charge in [0.2, 0.25) is 0 Å². The van der Waals surface area contributed by atoms with Crippen molar-refractivity contribution in [1.82, 2.24) is 0 Å². The molecule has 12 heavy (non-hydrogen) atoms. The quantitative estimate of drug-likeness (QED) is 0.383. The summed E-state index contributed by atoms with van der Waals surface area (Å²) < 4.78 is 10.7. The van der Waals surface area contributed by atoms with Crippen LogP contribution in [0.15, 0.2) is 5.34 Å². The monoisotopic (exact) mass is 191 g/mol. The Labute approximate surface area is 74.7 Å². The van der Waals surface area contributed by atoms with E-state index in [0.717, 1.165) is 0 Å². The van der Waals surface area contributed by atoms with Crippen LogP contribution in [0.25, 0.3) is 0 Å². The number of hydrogen-bond donors (Lipinski definition) is 1. The lowest BCUT2D eigenvalue weighted by Gasteiger charge is -2.11. The summed E-state index contributed by atoms with van der Waals surface area (Å²) in [5.74, 6) is 0. The first-order valence-electron chi connectivity index (χ1n) is 3.72. The highest BCUT2D eigenvalue weighted by Gasteiger charge is 2.48. The molecule has 0 aromatic heterocycles. The fourth-order valence-electron chi connectivity index (χ4n) is 1.59. The summed E-state index contributed by atoms with van der Waals surface area (Å²) in [5.41, 5.74) is 0. The van der Waals surface area contributed by atoms with Crippen molar-refractivity contribution in [1.29, 1.82) is 0 Å². The molecule has 0 N–H and O–H groups in total. The van der Waals surface area contributed by atoms with Crippen LogP contribution >= 0.6 is 12.6 Å². The third-order valence-corrected chi connectivity index (χ3v) is 2.60. The Morgan fingerprint density at radius 1 is 1.33 bits per heavy atom. The van der Waals surface area contributed by atoms with Gasteiger partial charge in [-0.25, -0.2) is 0 Å². The summed E-state index contributed by atoms with van der Waals surface area (Å²) in [5, 5.41) is 2.45. The average molecular weight is 191 g/mol. The van der Waals surface area contributed by atoms with E-state index in [1.165, 1.54) is 0 Å². The first-order chi connectivity index (χ1) is 5.83. The molecule has 0 spiro atoms. The van der Waals surface area contributed by atoms with E-state index in [2.05, 4.69) is 22.8 Å². The second-order valence-corrected chi connectivity index (χ2v) is 3.54. The molecule has 0 saturated carbocycles. The SMILES string of the molecule is O=NO[C@@H]1CO[C@H]2[C@@H]1OC[C@@H]2S. The van der Waals surface area contributed by atoms with Gasteiger partial charge in [-0.2, -0.15) is 12.6 Å². The maximum absolute atomic E-state index is 9.83. The number of hydrogen-bond acceptors (Lipinski definition) is 6. The average Bonchev–Trinajstić information content (AvgIpc) is 2.58. The Kier molecular flexibility index (Phi) is 2.20. The van der Waals surface area contributed by atoms with Crippen LogP contribution in [0.1, 0.15) is 0 Å². The minimum Gasteiger partial charge on any atom is -0.370 e. The first-order valence-corrected chi connectivity index (χ1v) is 4.24. The molecular formula is C6H9NO4S. The van der Waals surface area contributed by atoms with Crippen molar-refractivity contribution in [2.45, 2.75) is 23.6 Å². The second kappa shape index (κ2) is 3.20. The van der Waals surface area contributed by atoms with Crippen LogP contribution in [-0.4, -0.2) is 36.8 Å². The molecule has 6 heteroatoms. The van der Waals surface area contributed by atoms with E-state index in [9.17, 15) is 4.91 Å². The highest BCUT2D eigenvalue weighted by Crippen LogP contribution is 2.31. The van der Waals surface area contributed by atoms with Gasteiger partial charge in [-0.3, -0.25) is 0 Å². The van der Waals surface area contributed by atoms with Crippen molar-refractivity contribution in [3.63, 3.8) is 0 Å². The van der Waals surface area contributed by atoms with Gasteiger partial charge in [0.05, 0.1) is 18.5 Å². The van der Waals surface area contributed by atoms with Crippen molar-refractivity contribution >= 4 is 12.6 Å². The van der Waals surface area contributed by atoms with E-state index in [1.54, 1.807) is 0 Å². The number of thiol groups is 1. The van der Waals surface area contributed by atoms with Crippen molar-refractivity contribution in [2.75, 3.05) is 13.2 Å². The molecule has 2 rings (SSSR count). The predicted octanol–water partition coefficient (Wildman–Crippen LogP) is 0.149. The lowest BCUT2D eigenvalue weighted by Crippen LogP contribution is -2.30. The minimum atomic E-state index is -0.357. The van der Waals surface area contributed by atoms with Crippen LogP contribution in [0.2, 0.25) is 0 Å². The second-order valence-electron chi connectivity index (χ2n) is 2.88. The molecule has 2 aliphatic rings. The van der Waals surface area contributed by atoms with Crippen LogP contribution in [0.5, 0.6) is 0 Å². The molecule has 0 aromatic carbocycles. The molecule has 0 aromatic rings. The Bertz CT molecular complexity index is 190. The topological polar surface area (TPSA) is 57.1 Å². The predicted molar refractivity (Wildman–Crippen MR) is 42.9 cm³/mol. The van der Waals surface area contributed by atoms with Gasteiger partial charge < -0.3 is 14.3 Å². The molecule has 2 fully saturated rings. The van der Waals surface area contributed by atoms with E-state index in [-0.39, 0.29) is 23.6 Å². The van der Waals surface area contributed by atoms with Crippen molar-refractivity contribution in [3.8, 4) is 0 Å². The number of nitrogens with zero attached hydrogens (tertiary/aromatic N) is 1. The van der Waals surface area contributed by atoms with E-state index < -0.39 is 0 Å². The fraction of sp³-hybridized carbons (Fsp3) is 1.00. The lowest BCUT2D eigenvalue weighted by molar-refractivity contribution is -0.0306. The van der Waals surface area contributed by atoms with E-state index in [0.29, 0.717) is 13.2 Å². The van der Waals surface area contributed by atoms with Crippen molar-refractivity contribution < 1.29 is 14.3 Å².